The number of hydrogen-bond donors (Lipinski definition) is 5. The van der Waals surface area contributed by atoms with Gasteiger partial charge in [0.05, 0.1) is 5.75 Å². The van der Waals surface area contributed by atoms with Gasteiger partial charge in [0.1, 0.15) is 28.6 Å². The van der Waals surface area contributed by atoms with Crippen LogP contribution in [0.3, 0.4) is 0 Å². The number of thioether (sulfide) groups is 1. The predicted molar refractivity (Wildman–Crippen MR) is 112 cm³/mol. The SMILES string of the molecule is NC(=O)CS(=O)(=O)CC1=C(C(=O)O)N2C(=O)C(NC(=O)/C(=N\O)c3csc(N)n3)[C@H]2SC1. The van der Waals surface area contributed by atoms with Crippen LogP contribution in [0.1, 0.15) is 5.69 Å². The molecule has 0 aliphatic carbocycles. The summed E-state index contributed by atoms with van der Waals surface area (Å²) in [6, 6.07) is -1.15. The van der Waals surface area contributed by atoms with Gasteiger partial charge in [-0.25, -0.2) is 18.2 Å². The maximum Gasteiger partial charge on any atom is 0.352 e. The number of carbonyl (C=O) groups excluding carboxylic acids is 3. The summed E-state index contributed by atoms with van der Waals surface area (Å²) in [6.45, 7) is 0. The number of nitrogens with one attached hydrogen (secondary N) is 1. The van der Waals surface area contributed by atoms with Crippen molar-refractivity contribution in [2.45, 2.75) is 11.4 Å². The van der Waals surface area contributed by atoms with Crippen LogP contribution in [0.2, 0.25) is 0 Å². The lowest BCUT2D eigenvalue weighted by Crippen LogP contribution is -2.71. The van der Waals surface area contributed by atoms with E-state index in [1.54, 1.807) is 0 Å². The predicted octanol–water partition coefficient (Wildman–Crippen LogP) is -2.46. The average Bonchev–Trinajstić information content (AvgIpc) is 3.10. The minimum absolute atomic E-state index is 0.0134. The summed E-state index contributed by atoms with van der Waals surface area (Å²) in [6.07, 6.45) is 0. The molecule has 1 saturated heterocycles. The zero-order valence-electron chi connectivity index (χ0n) is 15.9. The highest BCUT2D eigenvalue weighted by Crippen LogP contribution is 2.40. The maximum atomic E-state index is 12.6. The highest BCUT2D eigenvalue weighted by Gasteiger charge is 2.54. The molecule has 3 amide bonds. The van der Waals surface area contributed by atoms with E-state index in [0.717, 1.165) is 28.0 Å². The number of aliphatic carboxylic acids is 1. The van der Waals surface area contributed by atoms with Crippen molar-refractivity contribution in [3.63, 3.8) is 0 Å². The molecular formula is C15H16N6O8S3. The molecule has 7 N–H and O–H groups in total. The normalized spacial score (nSPS) is 21.1. The number of nitrogens with two attached hydrogens (primary N) is 2. The number of carboxylic acid groups (broad SMARTS) is 1. The van der Waals surface area contributed by atoms with E-state index in [9.17, 15) is 32.7 Å². The van der Waals surface area contributed by atoms with Crippen LogP contribution in [0.15, 0.2) is 21.8 Å². The van der Waals surface area contributed by atoms with Crippen LogP contribution in [0, 0.1) is 0 Å². The highest BCUT2D eigenvalue weighted by molar-refractivity contribution is 8.00. The molecule has 0 spiro atoms. The van der Waals surface area contributed by atoms with E-state index < -0.39 is 67.9 Å². The monoisotopic (exact) mass is 504 g/mol. The summed E-state index contributed by atoms with van der Waals surface area (Å²) in [5, 5.41) is 24.6. The third kappa shape index (κ3) is 4.53. The Balaban J connectivity index is 1.80. The Labute approximate surface area is 188 Å². The van der Waals surface area contributed by atoms with Gasteiger partial charge in [0.2, 0.25) is 5.91 Å². The van der Waals surface area contributed by atoms with Crippen molar-refractivity contribution < 1.29 is 37.9 Å². The molecule has 0 bridgehead atoms. The molecular weight excluding hydrogens is 488 g/mol. The minimum Gasteiger partial charge on any atom is -0.477 e. The Morgan fingerprint density at radius 3 is 2.59 bits per heavy atom. The first kappa shape index (κ1) is 23.5. The van der Waals surface area contributed by atoms with Gasteiger partial charge in [0, 0.05) is 11.1 Å². The molecule has 2 atom stereocenters. The van der Waals surface area contributed by atoms with Crippen molar-refractivity contribution in [3.05, 3.63) is 22.3 Å². The van der Waals surface area contributed by atoms with Crippen LogP contribution < -0.4 is 16.8 Å². The van der Waals surface area contributed by atoms with Gasteiger partial charge in [-0.1, -0.05) is 5.16 Å². The number of rotatable bonds is 8. The van der Waals surface area contributed by atoms with Gasteiger partial charge >= 0.3 is 5.97 Å². The van der Waals surface area contributed by atoms with E-state index in [-0.39, 0.29) is 22.2 Å². The van der Waals surface area contributed by atoms with Crippen LogP contribution in [0.25, 0.3) is 0 Å². The number of carbonyl (C=O) groups is 4. The van der Waals surface area contributed by atoms with Crippen molar-refractivity contribution in [3.8, 4) is 0 Å². The van der Waals surface area contributed by atoms with Gasteiger partial charge in [0.25, 0.3) is 11.8 Å². The summed E-state index contributed by atoms with van der Waals surface area (Å²) in [5.74, 6) is -6.16. The lowest BCUT2D eigenvalue weighted by atomic mass is 10.0. The van der Waals surface area contributed by atoms with Crippen LogP contribution in [0.4, 0.5) is 5.13 Å². The van der Waals surface area contributed by atoms with E-state index in [1.165, 1.54) is 5.38 Å². The number of carboxylic acids is 1. The standard InChI is InChI=1S/C15H16N6O8S3/c16-7(22)4-32(28,29)3-5-1-30-13-9(12(24)21(13)10(5)14(25)26)19-11(23)8(20-27)6-2-31-15(17)18-6/h2,9,13,27H,1,3-4H2,(H2,16,22)(H2,17,18)(H,19,23)(H,25,26)/b20-8-/t9?,13-/m1/s1. The Morgan fingerprint density at radius 2 is 2.06 bits per heavy atom. The number of sulfone groups is 1. The number of primary amides is 1. The molecule has 2 aliphatic rings. The number of thiazole rings is 1. The van der Waals surface area contributed by atoms with Gasteiger partial charge in [-0.2, -0.15) is 0 Å². The Morgan fingerprint density at radius 1 is 1.38 bits per heavy atom. The quantitative estimate of drug-likeness (QED) is 0.108. The first-order valence-electron chi connectivity index (χ1n) is 8.58. The van der Waals surface area contributed by atoms with E-state index in [0.29, 0.717) is 0 Å². The molecule has 2 aliphatic heterocycles. The van der Waals surface area contributed by atoms with Crippen LogP contribution in [-0.2, 0) is 29.0 Å². The summed E-state index contributed by atoms with van der Waals surface area (Å²) in [7, 11) is -4.03. The minimum atomic E-state index is -4.03. The lowest BCUT2D eigenvalue weighted by Gasteiger charge is -2.49. The topological polar surface area (TPSA) is 235 Å². The number of oxime groups is 1. The number of fused-ring (bicyclic) bond motifs is 1. The Hall–Kier alpha value is -3.18. The molecule has 1 unspecified atom stereocenters. The molecule has 1 aromatic heterocycles. The Bertz CT molecular complexity index is 1170. The van der Waals surface area contributed by atoms with Gasteiger partial charge in [-0.15, -0.1) is 23.1 Å². The molecule has 172 valence electrons. The second kappa shape index (κ2) is 8.75. The molecule has 1 aromatic rings. The lowest BCUT2D eigenvalue weighted by molar-refractivity contribution is -0.150. The molecule has 0 saturated carbocycles. The first-order chi connectivity index (χ1) is 14.9. The first-order valence-corrected chi connectivity index (χ1v) is 12.3. The van der Waals surface area contributed by atoms with Gasteiger partial charge in [-0.3, -0.25) is 19.3 Å². The van der Waals surface area contributed by atoms with Crippen molar-refractivity contribution in [2.24, 2.45) is 10.9 Å². The van der Waals surface area contributed by atoms with Crippen molar-refractivity contribution in [1.82, 2.24) is 15.2 Å². The van der Waals surface area contributed by atoms with Crippen LogP contribution >= 0.6 is 23.1 Å². The summed E-state index contributed by atoms with van der Waals surface area (Å²) >= 11 is 2.03. The second-order valence-electron chi connectivity index (χ2n) is 6.64. The number of hydrogen-bond acceptors (Lipinski definition) is 12. The second-order valence-corrected chi connectivity index (χ2v) is 10.7. The fourth-order valence-corrected chi connectivity index (χ4v) is 6.47. The van der Waals surface area contributed by atoms with Crippen LogP contribution in [-0.4, -0.2) is 86.7 Å². The molecule has 3 heterocycles. The fourth-order valence-electron chi connectivity index (χ4n) is 3.15. The molecule has 0 radical (unpaired) electrons. The zero-order valence-corrected chi connectivity index (χ0v) is 18.4. The highest BCUT2D eigenvalue weighted by atomic mass is 32.2. The zero-order chi connectivity index (χ0) is 23.8. The summed E-state index contributed by atoms with van der Waals surface area (Å²) in [5.41, 5.74) is 9.29. The number of aromatic nitrogens is 1. The smallest absolute Gasteiger partial charge is 0.352 e. The van der Waals surface area contributed by atoms with Gasteiger partial charge in [0.15, 0.2) is 20.7 Å². The third-order valence-electron chi connectivity index (χ3n) is 4.37. The molecule has 14 nitrogen and oxygen atoms in total. The molecule has 17 heteroatoms. The number of nitrogens with zero attached hydrogens (tertiary/aromatic N) is 3. The Kier molecular flexibility index (Phi) is 6.42. The van der Waals surface area contributed by atoms with E-state index >= 15 is 0 Å². The number of amides is 3. The van der Waals surface area contributed by atoms with Gasteiger partial charge < -0.3 is 27.1 Å². The molecule has 32 heavy (non-hydrogen) atoms. The molecule has 1 fully saturated rings. The largest absolute Gasteiger partial charge is 0.477 e. The third-order valence-corrected chi connectivity index (χ3v) is 7.90. The molecule has 0 aromatic carbocycles. The van der Waals surface area contributed by atoms with Crippen LogP contribution in [0.5, 0.6) is 0 Å². The maximum absolute atomic E-state index is 12.6. The summed E-state index contributed by atoms with van der Waals surface area (Å²) < 4.78 is 24.1. The van der Waals surface area contributed by atoms with Gasteiger partial charge in [-0.05, 0) is 5.57 Å². The van der Waals surface area contributed by atoms with Crippen molar-refractivity contribution in [2.75, 3.05) is 23.0 Å². The van der Waals surface area contributed by atoms with Crippen molar-refractivity contribution >= 4 is 67.5 Å². The number of β-lactam (4-membered cyclic amide) rings is 1. The summed E-state index contributed by atoms with van der Waals surface area (Å²) in [4.78, 5) is 52.5. The van der Waals surface area contributed by atoms with E-state index in [4.69, 9.17) is 16.7 Å². The van der Waals surface area contributed by atoms with E-state index in [2.05, 4.69) is 15.5 Å². The average molecular weight is 505 g/mol. The number of nitrogen functional groups attached to an aromatic ring is 1. The fraction of sp³-hybridized carbons (Fsp3) is 0.333. The molecule has 3 rings (SSSR count). The van der Waals surface area contributed by atoms with E-state index in [1.807, 2.05) is 0 Å². The number of anilines is 1. The van der Waals surface area contributed by atoms with Crippen molar-refractivity contribution in [1.29, 1.82) is 0 Å².